The van der Waals surface area contributed by atoms with E-state index in [-0.39, 0.29) is 5.56 Å². The molecule has 0 aliphatic rings. The minimum atomic E-state index is -1.13. The Balaban J connectivity index is 0.000000496. The third-order valence-electron chi connectivity index (χ3n) is 4.64. The average molecular weight is 352 g/mol. The third kappa shape index (κ3) is 10.1. The zero-order valence-corrected chi connectivity index (χ0v) is 17.1. The first-order valence-electron chi connectivity index (χ1n) is 9.66. The van der Waals surface area contributed by atoms with E-state index >= 15 is 0 Å². The number of benzene rings is 1. The highest BCUT2D eigenvalue weighted by molar-refractivity contribution is 7.75. The van der Waals surface area contributed by atoms with Crippen molar-refractivity contribution >= 4 is 13.2 Å². The summed E-state index contributed by atoms with van der Waals surface area (Å²) in [6, 6.07) is 8.06. The Morgan fingerprint density at radius 1 is 0.833 bits per heavy atom. The molecule has 0 saturated heterocycles. The number of hydrogen-bond donors (Lipinski definition) is 0. The van der Waals surface area contributed by atoms with Crippen LogP contribution >= 0.6 is 7.26 Å². The smallest absolute Gasteiger partial charge is 0.0715 e. The average Bonchev–Trinajstić information content (AvgIpc) is 2.63. The van der Waals surface area contributed by atoms with Gasteiger partial charge >= 0.3 is 0 Å². The van der Waals surface area contributed by atoms with E-state index < -0.39 is 13.2 Å². The highest BCUT2D eigenvalue weighted by Crippen LogP contribution is 2.60. The normalized spacial score (nSPS) is 10.8. The van der Waals surface area contributed by atoms with Crippen LogP contribution in [0.4, 0.5) is 0 Å². The van der Waals surface area contributed by atoms with Gasteiger partial charge in [0.15, 0.2) is 0 Å². The summed E-state index contributed by atoms with van der Waals surface area (Å²) < 4.78 is 0. The maximum atomic E-state index is 10.1. The van der Waals surface area contributed by atoms with Crippen LogP contribution in [0.2, 0.25) is 0 Å². The maximum absolute atomic E-state index is 10.1. The third-order valence-corrected chi connectivity index (χ3v) is 9.77. The van der Waals surface area contributed by atoms with Crippen molar-refractivity contribution in [2.24, 2.45) is 0 Å². The summed E-state index contributed by atoms with van der Waals surface area (Å²) in [6.45, 7) is 9.46. The Kier molecular flexibility index (Phi) is 13.9. The Hall–Kier alpha value is -0.880. The summed E-state index contributed by atoms with van der Waals surface area (Å²) in [4.78, 5) is 10.1. The molecule has 0 fully saturated rings. The number of carbonyl (C=O) groups excluding carboxylic acids is 1. The highest BCUT2D eigenvalue weighted by atomic mass is 31.2. The van der Waals surface area contributed by atoms with Gasteiger partial charge in [0.2, 0.25) is 0 Å². The molecule has 0 aromatic heterocycles. The van der Waals surface area contributed by atoms with Crippen molar-refractivity contribution in [2.75, 3.05) is 24.6 Å². The van der Waals surface area contributed by atoms with Gasteiger partial charge in [0, 0.05) is 7.26 Å². The summed E-state index contributed by atoms with van der Waals surface area (Å²) in [6.07, 6.45) is 14.9. The standard InChI is InChI=1S/C14H32P.C7H6O2/c1-5-9-12-15(8-4,13-10-6-2)14-11-7-3;8-7(9)6-4-2-1-3-5-6/h5-14H2,1-4H3;1-5H,(H,8,9)/q+1;/p-1. The number of hydrogen-bond acceptors (Lipinski definition) is 2. The van der Waals surface area contributed by atoms with E-state index in [1.165, 1.54) is 56.8 Å². The van der Waals surface area contributed by atoms with Gasteiger partial charge in [0.25, 0.3) is 0 Å². The predicted octanol–water partition coefficient (Wildman–Crippen LogP) is 5.47. The molecule has 2 nitrogen and oxygen atoms in total. The molecule has 1 aromatic rings. The van der Waals surface area contributed by atoms with Gasteiger partial charge in [-0.2, -0.15) is 0 Å². The van der Waals surface area contributed by atoms with Crippen molar-refractivity contribution in [2.45, 2.75) is 66.2 Å². The number of carbonyl (C=O) groups is 1. The van der Waals surface area contributed by atoms with Crippen LogP contribution in [0.3, 0.4) is 0 Å². The van der Waals surface area contributed by atoms with Gasteiger partial charge in [-0.3, -0.25) is 0 Å². The van der Waals surface area contributed by atoms with Crippen LogP contribution in [0.15, 0.2) is 30.3 Å². The molecule has 0 bridgehead atoms. The first-order valence-corrected chi connectivity index (χ1v) is 12.2. The lowest BCUT2D eigenvalue weighted by molar-refractivity contribution is -0.255. The maximum Gasteiger partial charge on any atom is 0.0715 e. The molecule has 0 aliphatic heterocycles. The fraction of sp³-hybridized carbons (Fsp3) is 0.667. The predicted molar refractivity (Wildman–Crippen MR) is 108 cm³/mol. The number of carboxylic acids is 1. The molecule has 0 unspecified atom stereocenters. The fourth-order valence-corrected chi connectivity index (χ4v) is 7.45. The molecule has 0 amide bonds. The van der Waals surface area contributed by atoms with Crippen LogP contribution in [0.1, 0.15) is 76.6 Å². The van der Waals surface area contributed by atoms with Gasteiger partial charge in [-0.25, -0.2) is 0 Å². The number of aromatic carboxylic acids is 1. The molecule has 0 saturated carbocycles. The fourth-order valence-electron chi connectivity index (χ4n) is 2.86. The topological polar surface area (TPSA) is 40.1 Å². The van der Waals surface area contributed by atoms with Crippen LogP contribution in [0.5, 0.6) is 0 Å². The SMILES string of the molecule is CCCC[P+](CC)(CCCC)CCCC.O=C([O-])c1ccccc1. The van der Waals surface area contributed by atoms with E-state index in [0.29, 0.717) is 0 Å². The Bertz CT molecular complexity index is 395. The zero-order chi connectivity index (χ0) is 18.3. The van der Waals surface area contributed by atoms with Crippen LogP contribution in [-0.4, -0.2) is 30.6 Å². The molecule has 1 rings (SSSR count). The molecule has 138 valence electrons. The van der Waals surface area contributed by atoms with Crippen molar-refractivity contribution in [3.63, 3.8) is 0 Å². The molecule has 3 heteroatoms. The summed E-state index contributed by atoms with van der Waals surface area (Å²) >= 11 is 0. The van der Waals surface area contributed by atoms with Crippen LogP contribution in [0, 0.1) is 0 Å². The van der Waals surface area contributed by atoms with Crippen molar-refractivity contribution in [3.05, 3.63) is 35.9 Å². The minimum Gasteiger partial charge on any atom is -0.545 e. The second-order valence-electron chi connectivity index (χ2n) is 6.54. The molecule has 0 N–H and O–H groups in total. The number of carboxylic acid groups (broad SMARTS) is 1. The summed E-state index contributed by atoms with van der Waals surface area (Å²) in [7, 11) is -0.527. The highest BCUT2D eigenvalue weighted by Gasteiger charge is 2.32. The second kappa shape index (κ2) is 14.5. The lowest BCUT2D eigenvalue weighted by Crippen LogP contribution is -2.21. The van der Waals surface area contributed by atoms with Gasteiger partial charge in [-0.15, -0.1) is 0 Å². The molecular weight excluding hydrogens is 315 g/mol. The first kappa shape index (κ1) is 23.1. The molecule has 24 heavy (non-hydrogen) atoms. The monoisotopic (exact) mass is 352 g/mol. The Morgan fingerprint density at radius 2 is 1.25 bits per heavy atom. The molecule has 0 atom stereocenters. The Labute approximate surface area is 150 Å². The second-order valence-corrected chi connectivity index (χ2v) is 11.2. The molecule has 0 aliphatic carbocycles. The molecule has 0 heterocycles. The van der Waals surface area contributed by atoms with Gasteiger partial charge in [0.1, 0.15) is 0 Å². The Morgan fingerprint density at radius 3 is 1.50 bits per heavy atom. The van der Waals surface area contributed by atoms with Crippen molar-refractivity contribution in [1.82, 2.24) is 0 Å². The van der Waals surface area contributed by atoms with Crippen molar-refractivity contribution in [3.8, 4) is 0 Å². The molecule has 1 aromatic carbocycles. The van der Waals surface area contributed by atoms with E-state index in [9.17, 15) is 9.90 Å². The summed E-state index contributed by atoms with van der Waals surface area (Å²) in [5, 5.41) is 10.1. The lowest BCUT2D eigenvalue weighted by Gasteiger charge is -2.26. The molecule has 0 radical (unpaired) electrons. The molecule has 0 spiro atoms. The lowest BCUT2D eigenvalue weighted by atomic mass is 10.2. The van der Waals surface area contributed by atoms with Crippen LogP contribution in [0.25, 0.3) is 0 Å². The number of rotatable bonds is 11. The van der Waals surface area contributed by atoms with Crippen LogP contribution < -0.4 is 5.11 Å². The zero-order valence-electron chi connectivity index (χ0n) is 16.2. The first-order chi connectivity index (χ1) is 11.5. The van der Waals surface area contributed by atoms with E-state index in [4.69, 9.17) is 0 Å². The minimum absolute atomic E-state index is 0.220. The van der Waals surface area contributed by atoms with E-state index in [1.54, 1.807) is 36.7 Å². The quantitative estimate of drug-likeness (QED) is 0.495. The van der Waals surface area contributed by atoms with Gasteiger partial charge < -0.3 is 9.90 Å². The van der Waals surface area contributed by atoms with Gasteiger partial charge in [0.05, 0.1) is 30.6 Å². The van der Waals surface area contributed by atoms with Crippen molar-refractivity contribution in [1.29, 1.82) is 0 Å². The van der Waals surface area contributed by atoms with E-state index in [2.05, 4.69) is 27.7 Å². The number of unbranched alkanes of at least 4 members (excludes halogenated alkanes) is 3. The van der Waals surface area contributed by atoms with Crippen LogP contribution in [-0.2, 0) is 0 Å². The van der Waals surface area contributed by atoms with Gasteiger partial charge in [-0.1, -0.05) is 70.4 Å². The summed E-state index contributed by atoms with van der Waals surface area (Å²) in [5.74, 6) is -1.13. The molecular formula is C21H37O2P. The van der Waals surface area contributed by atoms with E-state index in [1.807, 2.05) is 0 Å². The van der Waals surface area contributed by atoms with Gasteiger partial charge in [-0.05, 0) is 31.7 Å². The summed E-state index contributed by atoms with van der Waals surface area (Å²) in [5.41, 5.74) is 0.220. The largest absolute Gasteiger partial charge is 0.545 e. The van der Waals surface area contributed by atoms with Crippen molar-refractivity contribution < 1.29 is 9.90 Å². The van der Waals surface area contributed by atoms with E-state index in [0.717, 1.165) is 0 Å².